The van der Waals surface area contributed by atoms with Gasteiger partial charge in [-0.2, -0.15) is 0 Å². The lowest BCUT2D eigenvalue weighted by Crippen LogP contribution is -2.37. The summed E-state index contributed by atoms with van der Waals surface area (Å²) in [5.41, 5.74) is -0.345. The number of carbonyl (C=O) groups is 1. The van der Waals surface area contributed by atoms with Gasteiger partial charge in [-0.15, -0.1) is 0 Å². The van der Waals surface area contributed by atoms with Crippen molar-refractivity contribution in [3.05, 3.63) is 75.7 Å². The van der Waals surface area contributed by atoms with E-state index in [-0.39, 0.29) is 17.6 Å². The summed E-state index contributed by atoms with van der Waals surface area (Å²) in [4.78, 5) is 28.4. The van der Waals surface area contributed by atoms with E-state index in [2.05, 4.69) is 10.3 Å². The Bertz CT molecular complexity index is 1150. The molecule has 3 rings (SSSR count). The fourth-order valence-corrected chi connectivity index (χ4v) is 3.18. The highest BCUT2D eigenvalue weighted by atomic mass is 19.2. The molecule has 0 aliphatic rings. The van der Waals surface area contributed by atoms with Gasteiger partial charge in [-0.25, -0.2) is 22.4 Å². The molecule has 0 radical (unpaired) electrons. The molecule has 29 heavy (non-hydrogen) atoms. The number of rotatable bonds is 4. The highest BCUT2D eigenvalue weighted by Crippen LogP contribution is 2.28. The smallest absolute Gasteiger partial charge is 0.322 e. The number of halogens is 4. The molecule has 0 saturated heterocycles. The van der Waals surface area contributed by atoms with Crippen LogP contribution < -0.4 is 10.9 Å². The fraction of sp³-hybridized carbons (Fsp3) is 0.200. The maximum atomic E-state index is 14.1. The van der Waals surface area contributed by atoms with E-state index in [1.54, 1.807) is 13.8 Å². The van der Waals surface area contributed by atoms with Gasteiger partial charge in [-0.05, 0) is 43.0 Å². The first kappa shape index (κ1) is 20.4. The van der Waals surface area contributed by atoms with Gasteiger partial charge >= 0.3 is 6.03 Å². The molecule has 0 aliphatic carbocycles. The number of pyridine rings is 1. The number of urea groups is 1. The van der Waals surface area contributed by atoms with Crippen LogP contribution in [0.5, 0.6) is 0 Å². The Morgan fingerprint density at radius 3 is 2.45 bits per heavy atom. The van der Waals surface area contributed by atoms with E-state index in [0.29, 0.717) is 5.56 Å². The quantitative estimate of drug-likeness (QED) is 0.616. The minimum Gasteiger partial charge on any atom is -0.328 e. The Balaban J connectivity index is 1.97. The summed E-state index contributed by atoms with van der Waals surface area (Å²) < 4.78 is 54.2. The van der Waals surface area contributed by atoms with Crippen LogP contribution in [0, 0.1) is 23.3 Å². The predicted octanol–water partition coefficient (Wildman–Crippen LogP) is 4.70. The molecule has 0 bridgehead atoms. The highest BCUT2D eigenvalue weighted by Gasteiger charge is 2.24. The average molecular weight is 407 g/mol. The minimum absolute atomic E-state index is 0.0546. The van der Waals surface area contributed by atoms with Crippen molar-refractivity contribution < 1.29 is 22.4 Å². The largest absolute Gasteiger partial charge is 0.328 e. The summed E-state index contributed by atoms with van der Waals surface area (Å²) in [6.45, 7) is 3.54. The summed E-state index contributed by atoms with van der Waals surface area (Å²) in [5.74, 6) is -4.58. The molecule has 2 aromatic carbocycles. The average Bonchev–Trinajstić information content (AvgIpc) is 2.68. The van der Waals surface area contributed by atoms with E-state index in [1.165, 1.54) is 23.2 Å². The number of aromatic nitrogens is 1. The van der Waals surface area contributed by atoms with Crippen LogP contribution in [0.15, 0.2) is 41.3 Å². The van der Waals surface area contributed by atoms with Gasteiger partial charge < -0.3 is 15.2 Å². The second kappa shape index (κ2) is 7.94. The molecule has 2 amide bonds. The molecule has 9 heteroatoms. The normalized spacial score (nSPS) is 12.1. The zero-order valence-corrected chi connectivity index (χ0v) is 15.5. The summed E-state index contributed by atoms with van der Waals surface area (Å²) >= 11 is 0. The van der Waals surface area contributed by atoms with Crippen molar-refractivity contribution in [1.82, 2.24) is 9.88 Å². The van der Waals surface area contributed by atoms with E-state index in [9.17, 15) is 27.2 Å². The number of nitrogens with zero attached hydrogens (tertiary/aromatic N) is 1. The SMILES string of the molecule is CCN(C(=O)Nc1ccc(F)c(F)c1)[C@@H](C)c1c[nH]c(=O)c2c(F)c(F)ccc12. The number of carbonyl (C=O) groups excluding carboxylic acids is 1. The van der Waals surface area contributed by atoms with E-state index < -0.39 is 46.3 Å². The van der Waals surface area contributed by atoms with Crippen molar-refractivity contribution in [3.63, 3.8) is 0 Å². The lowest BCUT2D eigenvalue weighted by atomic mass is 10.0. The van der Waals surface area contributed by atoms with Crippen LogP contribution >= 0.6 is 0 Å². The Kier molecular flexibility index (Phi) is 5.58. The number of benzene rings is 2. The minimum atomic E-state index is -1.27. The third-order valence-electron chi connectivity index (χ3n) is 4.68. The number of hydrogen-bond donors (Lipinski definition) is 2. The first-order valence-electron chi connectivity index (χ1n) is 8.76. The van der Waals surface area contributed by atoms with Crippen LogP contribution in [0.25, 0.3) is 10.8 Å². The molecule has 2 N–H and O–H groups in total. The standard InChI is InChI=1S/C20H17F4N3O2/c1-3-27(20(29)26-11-4-6-14(21)16(23)8-11)10(2)13-9-25-19(28)17-12(13)5-7-15(22)18(17)24/h4-10H,3H2,1-2H3,(H,25,28)(H,26,29)/t10-/m0/s1. The molecule has 1 aromatic heterocycles. The molecule has 0 spiro atoms. The lowest BCUT2D eigenvalue weighted by Gasteiger charge is -2.29. The predicted molar refractivity (Wildman–Crippen MR) is 101 cm³/mol. The molecule has 1 atom stereocenters. The fourth-order valence-electron chi connectivity index (χ4n) is 3.18. The van der Waals surface area contributed by atoms with E-state index in [0.717, 1.165) is 18.2 Å². The summed E-state index contributed by atoms with van der Waals surface area (Å²) in [6.07, 6.45) is 1.33. The first-order valence-corrected chi connectivity index (χ1v) is 8.76. The topological polar surface area (TPSA) is 65.2 Å². The van der Waals surface area contributed by atoms with Gasteiger partial charge in [0.15, 0.2) is 23.3 Å². The zero-order chi connectivity index (χ0) is 21.3. The van der Waals surface area contributed by atoms with Gasteiger partial charge in [0.05, 0.1) is 11.4 Å². The van der Waals surface area contributed by atoms with Gasteiger partial charge in [0.25, 0.3) is 5.56 Å². The second-order valence-electron chi connectivity index (χ2n) is 6.38. The molecule has 0 aliphatic heterocycles. The highest BCUT2D eigenvalue weighted by molar-refractivity contribution is 5.91. The molecule has 152 valence electrons. The Morgan fingerprint density at radius 2 is 1.79 bits per heavy atom. The Labute approximate surface area is 163 Å². The second-order valence-corrected chi connectivity index (χ2v) is 6.38. The maximum Gasteiger partial charge on any atom is 0.322 e. The van der Waals surface area contributed by atoms with Gasteiger partial charge in [0, 0.05) is 24.5 Å². The number of H-pyrrole nitrogens is 1. The first-order chi connectivity index (χ1) is 13.7. The van der Waals surface area contributed by atoms with Gasteiger partial charge in [0.2, 0.25) is 0 Å². The number of nitrogens with one attached hydrogen (secondary N) is 2. The van der Waals surface area contributed by atoms with Gasteiger partial charge in [-0.3, -0.25) is 4.79 Å². The van der Waals surface area contributed by atoms with Crippen LogP contribution in [0.1, 0.15) is 25.5 Å². The van der Waals surface area contributed by atoms with E-state index in [4.69, 9.17) is 0 Å². The van der Waals surface area contributed by atoms with Crippen molar-refractivity contribution in [2.45, 2.75) is 19.9 Å². The van der Waals surface area contributed by atoms with Crippen LogP contribution in [0.2, 0.25) is 0 Å². The Morgan fingerprint density at radius 1 is 1.10 bits per heavy atom. The molecular weight excluding hydrogens is 390 g/mol. The van der Waals surface area contributed by atoms with Crippen molar-refractivity contribution in [1.29, 1.82) is 0 Å². The van der Waals surface area contributed by atoms with E-state index >= 15 is 0 Å². The van der Waals surface area contributed by atoms with Crippen LogP contribution in [-0.4, -0.2) is 22.5 Å². The zero-order valence-electron chi connectivity index (χ0n) is 15.5. The van der Waals surface area contributed by atoms with Crippen molar-refractivity contribution in [2.24, 2.45) is 0 Å². The number of hydrogen-bond acceptors (Lipinski definition) is 2. The van der Waals surface area contributed by atoms with Crippen molar-refractivity contribution >= 4 is 22.5 Å². The summed E-state index contributed by atoms with van der Waals surface area (Å²) in [5, 5.41) is 2.19. The van der Waals surface area contributed by atoms with Gasteiger partial charge in [-0.1, -0.05) is 6.07 Å². The molecule has 1 heterocycles. The third-order valence-corrected chi connectivity index (χ3v) is 4.68. The molecule has 3 aromatic rings. The van der Waals surface area contributed by atoms with Gasteiger partial charge in [0.1, 0.15) is 0 Å². The maximum absolute atomic E-state index is 14.1. The molecule has 0 saturated carbocycles. The van der Waals surface area contributed by atoms with Crippen LogP contribution in [0.4, 0.5) is 28.0 Å². The number of anilines is 1. The monoisotopic (exact) mass is 407 g/mol. The van der Waals surface area contributed by atoms with Crippen LogP contribution in [0.3, 0.4) is 0 Å². The third kappa shape index (κ3) is 3.80. The molecule has 0 unspecified atom stereocenters. The summed E-state index contributed by atoms with van der Waals surface area (Å²) in [7, 11) is 0. The number of aromatic amines is 1. The number of amides is 2. The molecule has 0 fully saturated rings. The van der Waals surface area contributed by atoms with Crippen molar-refractivity contribution in [3.8, 4) is 0 Å². The summed E-state index contributed by atoms with van der Waals surface area (Å²) in [6, 6.07) is 3.85. The molecule has 5 nitrogen and oxygen atoms in total. The Hall–Kier alpha value is -3.36. The van der Waals surface area contributed by atoms with Crippen molar-refractivity contribution in [2.75, 3.05) is 11.9 Å². The lowest BCUT2D eigenvalue weighted by molar-refractivity contribution is 0.197. The van der Waals surface area contributed by atoms with E-state index in [1.807, 2.05) is 0 Å². The number of fused-ring (bicyclic) bond motifs is 1. The van der Waals surface area contributed by atoms with Crippen LogP contribution in [-0.2, 0) is 0 Å². The molecular formula is C20H17F4N3O2.